The first-order chi connectivity index (χ1) is 26.3. The maximum Gasteiger partial charge on any atom is 0.0551 e. The van der Waals surface area contributed by atoms with Gasteiger partial charge in [0.05, 0.1) is 5.69 Å². The molecule has 0 aliphatic carbocycles. The van der Waals surface area contributed by atoms with E-state index in [1.54, 1.807) is 0 Å². The Bertz CT molecular complexity index is 3000. The van der Waals surface area contributed by atoms with Crippen LogP contribution in [0.25, 0.3) is 64.3 Å². The van der Waals surface area contributed by atoms with Crippen LogP contribution in [0.15, 0.2) is 183 Å². The van der Waals surface area contributed by atoms with Crippen LogP contribution in [-0.4, -0.2) is 25.0 Å². The molecule has 0 spiro atoms. The normalized spacial score (nSPS) is 15.8. The summed E-state index contributed by atoms with van der Waals surface area (Å²) in [6.07, 6.45) is 9.87. The average molecular weight is 750 g/mol. The Morgan fingerprint density at radius 3 is 1.94 bits per heavy atom. The smallest absolute Gasteiger partial charge is 0.0551 e. The maximum atomic E-state index is 2.54. The van der Waals surface area contributed by atoms with Crippen LogP contribution < -0.4 is 4.90 Å². The zero-order valence-electron chi connectivity index (χ0n) is 30.8. The number of rotatable bonds is 4. The van der Waals surface area contributed by atoms with Crippen molar-refractivity contribution in [2.75, 3.05) is 29.9 Å². The molecule has 0 radical (unpaired) electrons. The number of benzene rings is 8. The van der Waals surface area contributed by atoms with Gasteiger partial charge in [-0.05, 0) is 125 Å². The Labute approximate surface area is 324 Å². The summed E-state index contributed by atoms with van der Waals surface area (Å²) in [5.41, 5.74) is 11.6. The van der Waals surface area contributed by atoms with E-state index in [4.69, 9.17) is 0 Å². The van der Waals surface area contributed by atoms with Crippen molar-refractivity contribution in [2.45, 2.75) is 19.6 Å². The molecule has 54 heavy (non-hydrogen) atoms. The van der Waals surface area contributed by atoms with E-state index in [1.165, 1.54) is 95.3 Å². The highest BCUT2D eigenvalue weighted by molar-refractivity contribution is 8.33. The zero-order chi connectivity index (χ0) is 36.3. The Morgan fingerprint density at radius 2 is 1.07 bits per heavy atom. The number of hydrogen-bond acceptors (Lipinski definition) is 2. The molecule has 262 valence electrons. The van der Waals surface area contributed by atoms with E-state index in [0.717, 1.165) is 5.69 Å². The van der Waals surface area contributed by atoms with E-state index >= 15 is 0 Å². The van der Waals surface area contributed by atoms with Crippen LogP contribution in [-0.2, 0) is 0 Å². The predicted octanol–water partition coefficient (Wildman–Crippen LogP) is 15.3. The number of anilines is 3. The van der Waals surface area contributed by atoms with Crippen molar-refractivity contribution < 1.29 is 0 Å². The molecule has 9 aromatic rings. The fraction of sp³-hybridized carbons (Fsp3) is 0.0800. The van der Waals surface area contributed by atoms with Gasteiger partial charge in [0.15, 0.2) is 0 Å². The van der Waals surface area contributed by atoms with Gasteiger partial charge in [0.2, 0.25) is 0 Å². The second kappa shape index (κ2) is 11.6. The number of nitrogens with zero attached hydrogens (tertiary/aromatic N) is 1. The molecule has 0 saturated heterocycles. The lowest BCUT2D eigenvalue weighted by Gasteiger charge is -2.31. The number of hydrogen-bond donors (Lipinski definition) is 0. The molecule has 0 bridgehead atoms. The molecule has 0 unspecified atom stereocenters. The van der Waals surface area contributed by atoms with Crippen LogP contribution in [0.3, 0.4) is 0 Å². The first kappa shape index (κ1) is 32.2. The predicted molar refractivity (Wildman–Crippen MR) is 240 cm³/mol. The third kappa shape index (κ3) is 4.54. The molecule has 1 nitrogen and oxygen atoms in total. The van der Waals surface area contributed by atoms with Gasteiger partial charge in [-0.3, -0.25) is 0 Å². The fourth-order valence-electron chi connectivity index (χ4n) is 9.10. The van der Waals surface area contributed by atoms with Gasteiger partial charge in [0, 0.05) is 62.3 Å². The lowest BCUT2D eigenvalue weighted by molar-refractivity contribution is 1.26. The van der Waals surface area contributed by atoms with Gasteiger partial charge >= 0.3 is 0 Å². The van der Waals surface area contributed by atoms with Gasteiger partial charge in [-0.1, -0.05) is 97.1 Å². The van der Waals surface area contributed by atoms with Crippen LogP contribution >= 0.6 is 31.4 Å². The van der Waals surface area contributed by atoms with Crippen molar-refractivity contribution in [2.24, 2.45) is 0 Å². The summed E-state index contributed by atoms with van der Waals surface area (Å²) in [4.78, 5) is 8.46. The van der Waals surface area contributed by atoms with E-state index in [0.29, 0.717) is 0 Å². The van der Waals surface area contributed by atoms with E-state index in [-0.39, 0.29) is 0 Å². The monoisotopic (exact) mass is 749 g/mol. The molecule has 0 amide bonds. The topological polar surface area (TPSA) is 3.24 Å². The SMILES string of the molecule is CS1(C)c2ccccc2-c2cc(N(c3ccc(-c4ccc5ccccc5c4)cc3)c3cccc4c3-c3c(ccc5c3sc3ccccc35)S4(C)C)ccc21. The molecule has 2 aliphatic heterocycles. The molecule has 3 heterocycles. The highest BCUT2D eigenvalue weighted by Crippen LogP contribution is 2.71. The van der Waals surface area contributed by atoms with Gasteiger partial charge in [0.25, 0.3) is 0 Å². The third-order valence-corrected chi connectivity index (χ3v) is 18.8. The minimum atomic E-state index is -1.26. The molecule has 1 aromatic heterocycles. The van der Waals surface area contributed by atoms with Crippen molar-refractivity contribution in [3.05, 3.63) is 164 Å². The van der Waals surface area contributed by atoms with Gasteiger partial charge in [-0.2, -0.15) is 20.1 Å². The zero-order valence-corrected chi connectivity index (χ0v) is 33.2. The Kier molecular flexibility index (Phi) is 6.93. The largest absolute Gasteiger partial charge is 0.310 e. The lowest BCUT2D eigenvalue weighted by atomic mass is 9.98. The van der Waals surface area contributed by atoms with Crippen molar-refractivity contribution >= 4 is 79.4 Å². The summed E-state index contributed by atoms with van der Waals surface area (Å²) >= 11 is 1.95. The minimum absolute atomic E-state index is 1.10. The average Bonchev–Trinajstić information content (AvgIpc) is 3.78. The highest BCUT2D eigenvalue weighted by Gasteiger charge is 2.38. The second-order valence-corrected chi connectivity index (χ2v) is 23.5. The molecule has 8 aromatic carbocycles. The molecular weight excluding hydrogens is 711 g/mol. The van der Waals surface area contributed by atoms with E-state index in [9.17, 15) is 0 Å². The summed E-state index contributed by atoms with van der Waals surface area (Å²) in [7, 11) is -2.36. The standard InChI is InChI=1S/C50H39NS3/c1-53(2)44-18-10-8-15-39(44)41-31-37(26-28-45(41)53)51(36-24-22-33(23-25-36)35-21-20-32-12-5-6-13-34(32)30-35)42-16-11-19-46-48(42)49-47(54(46,3)4)29-27-40-38-14-7-9-17-43(38)52-50(40)49/h5-31H,1-4H3. The van der Waals surface area contributed by atoms with Gasteiger partial charge in [-0.15, -0.1) is 11.3 Å². The van der Waals surface area contributed by atoms with Gasteiger partial charge in [-0.25, -0.2) is 0 Å². The molecule has 0 saturated carbocycles. The highest BCUT2D eigenvalue weighted by atomic mass is 32.3. The summed E-state index contributed by atoms with van der Waals surface area (Å²) in [5, 5.41) is 5.24. The molecule has 0 fully saturated rings. The Morgan fingerprint density at radius 1 is 0.426 bits per heavy atom. The third-order valence-electron chi connectivity index (χ3n) is 11.8. The van der Waals surface area contributed by atoms with Crippen LogP contribution in [0.4, 0.5) is 17.1 Å². The van der Waals surface area contributed by atoms with Crippen molar-refractivity contribution in [3.8, 4) is 33.4 Å². The number of thiophene rings is 1. The quantitative estimate of drug-likeness (QED) is 0.173. The van der Waals surface area contributed by atoms with Crippen molar-refractivity contribution in [3.63, 3.8) is 0 Å². The molecule has 2 aliphatic rings. The Balaban J connectivity index is 1.15. The minimum Gasteiger partial charge on any atom is -0.310 e. The van der Waals surface area contributed by atoms with Crippen LogP contribution in [0, 0.1) is 0 Å². The summed E-state index contributed by atoms with van der Waals surface area (Å²) in [5.74, 6) is 0. The van der Waals surface area contributed by atoms with E-state index in [1.807, 2.05) is 11.3 Å². The Hall–Kier alpha value is -5.26. The van der Waals surface area contributed by atoms with Crippen molar-refractivity contribution in [1.82, 2.24) is 0 Å². The number of fused-ring (bicyclic) bond motifs is 11. The maximum absolute atomic E-state index is 2.54. The van der Waals surface area contributed by atoms with Gasteiger partial charge in [0.1, 0.15) is 0 Å². The second-order valence-electron chi connectivity index (χ2n) is 15.3. The van der Waals surface area contributed by atoms with E-state index in [2.05, 4.69) is 194 Å². The lowest BCUT2D eigenvalue weighted by Crippen LogP contribution is -2.11. The summed E-state index contributed by atoms with van der Waals surface area (Å²) in [6.45, 7) is 0. The molecular formula is C50H39NS3. The first-order valence-electron chi connectivity index (χ1n) is 18.5. The van der Waals surface area contributed by atoms with Gasteiger partial charge < -0.3 is 4.90 Å². The summed E-state index contributed by atoms with van der Waals surface area (Å²) < 4.78 is 2.75. The van der Waals surface area contributed by atoms with Crippen LogP contribution in [0.2, 0.25) is 0 Å². The van der Waals surface area contributed by atoms with Crippen LogP contribution in [0.5, 0.6) is 0 Å². The van der Waals surface area contributed by atoms with Crippen LogP contribution in [0.1, 0.15) is 0 Å². The summed E-state index contributed by atoms with van der Waals surface area (Å²) in [6, 6.07) is 61.8. The molecule has 11 rings (SSSR count). The fourth-order valence-corrected chi connectivity index (χ4v) is 15.4. The molecule has 4 heteroatoms. The first-order valence-corrected chi connectivity index (χ1v) is 24.2. The molecule has 0 atom stereocenters. The van der Waals surface area contributed by atoms with E-state index < -0.39 is 20.1 Å². The molecule has 0 N–H and O–H groups in total. The van der Waals surface area contributed by atoms with Crippen molar-refractivity contribution in [1.29, 1.82) is 0 Å².